The van der Waals surface area contributed by atoms with Gasteiger partial charge in [0.05, 0.1) is 12.2 Å². The fourth-order valence-electron chi connectivity index (χ4n) is 3.52. The van der Waals surface area contributed by atoms with Gasteiger partial charge in [0.1, 0.15) is 18.1 Å². The molecule has 0 bridgehead atoms. The van der Waals surface area contributed by atoms with E-state index in [0.717, 1.165) is 16.9 Å². The van der Waals surface area contributed by atoms with Crippen molar-refractivity contribution in [2.24, 2.45) is 0 Å². The van der Waals surface area contributed by atoms with Crippen LogP contribution in [0.25, 0.3) is 0 Å². The summed E-state index contributed by atoms with van der Waals surface area (Å²) < 4.78 is 11.6. The van der Waals surface area contributed by atoms with Crippen molar-refractivity contribution in [2.75, 3.05) is 23.4 Å². The average Bonchev–Trinajstić information content (AvgIpc) is 2.78. The molecule has 0 spiro atoms. The summed E-state index contributed by atoms with van der Waals surface area (Å²) in [5.41, 5.74) is 4.09. The molecule has 4 rings (SSSR count). The molecule has 6 nitrogen and oxygen atoms in total. The van der Waals surface area contributed by atoms with E-state index in [1.165, 1.54) is 0 Å². The number of carbonyl (C=O) groups is 2. The third-order valence-electron chi connectivity index (χ3n) is 5.34. The summed E-state index contributed by atoms with van der Waals surface area (Å²) in [6.07, 6.45) is -0.620. The molecule has 0 radical (unpaired) electrons. The number of carbonyl (C=O) groups excluding carboxylic acids is 2. The topological polar surface area (TPSA) is 67.9 Å². The van der Waals surface area contributed by atoms with Gasteiger partial charge in [-0.1, -0.05) is 35.4 Å². The zero-order valence-electron chi connectivity index (χ0n) is 18.4. The minimum absolute atomic E-state index is 0.124. The molecule has 3 aromatic carbocycles. The quantitative estimate of drug-likeness (QED) is 0.613. The first-order valence-electron chi connectivity index (χ1n) is 10.6. The van der Waals surface area contributed by atoms with E-state index in [9.17, 15) is 9.59 Å². The van der Waals surface area contributed by atoms with Gasteiger partial charge in [-0.15, -0.1) is 0 Å². The molecule has 0 fully saturated rings. The molecule has 6 heteroatoms. The standard InChI is InChI=1S/C26H26N2O4/c1-17-4-8-20(9-5-17)25(29)27-21-10-13-23-24(16-21)32-19(3)26(30)28(23)14-15-31-22-11-6-18(2)7-12-22/h4-13,16,19H,14-15H2,1-3H3,(H,27,29). The first-order valence-corrected chi connectivity index (χ1v) is 10.6. The Hall–Kier alpha value is -3.80. The molecule has 1 heterocycles. The second kappa shape index (κ2) is 9.14. The fraction of sp³-hybridized carbons (Fsp3) is 0.231. The molecular formula is C26H26N2O4. The van der Waals surface area contributed by atoms with Crippen LogP contribution in [0.5, 0.6) is 11.5 Å². The normalized spacial score (nSPS) is 15.0. The van der Waals surface area contributed by atoms with Gasteiger partial charge in [-0.25, -0.2) is 0 Å². The lowest BCUT2D eigenvalue weighted by Gasteiger charge is -2.33. The van der Waals surface area contributed by atoms with Crippen LogP contribution >= 0.6 is 0 Å². The number of amides is 2. The fourth-order valence-corrected chi connectivity index (χ4v) is 3.52. The van der Waals surface area contributed by atoms with Crippen molar-refractivity contribution in [3.63, 3.8) is 0 Å². The number of aryl methyl sites for hydroxylation is 2. The van der Waals surface area contributed by atoms with E-state index in [0.29, 0.717) is 35.8 Å². The Labute approximate surface area is 187 Å². The lowest BCUT2D eigenvalue weighted by molar-refractivity contribution is -0.125. The number of hydrogen-bond acceptors (Lipinski definition) is 4. The Morgan fingerprint density at radius 3 is 2.34 bits per heavy atom. The predicted octanol–water partition coefficient (Wildman–Crippen LogP) is 4.75. The number of rotatable bonds is 6. The minimum Gasteiger partial charge on any atom is -0.492 e. The molecule has 0 saturated heterocycles. The SMILES string of the molecule is Cc1ccc(OCCN2C(=O)C(C)Oc3cc(NC(=O)c4ccc(C)cc4)ccc32)cc1. The maximum absolute atomic E-state index is 12.7. The highest BCUT2D eigenvalue weighted by Crippen LogP contribution is 2.36. The van der Waals surface area contributed by atoms with Gasteiger partial charge in [-0.3, -0.25) is 9.59 Å². The Morgan fingerprint density at radius 2 is 1.66 bits per heavy atom. The van der Waals surface area contributed by atoms with Crippen LogP contribution in [0, 0.1) is 13.8 Å². The largest absolute Gasteiger partial charge is 0.492 e. The van der Waals surface area contributed by atoms with E-state index in [1.54, 1.807) is 42.2 Å². The van der Waals surface area contributed by atoms with Crippen LogP contribution in [0.1, 0.15) is 28.4 Å². The Balaban J connectivity index is 1.46. The van der Waals surface area contributed by atoms with Gasteiger partial charge in [0, 0.05) is 17.3 Å². The molecule has 1 aliphatic heterocycles. The second-order valence-electron chi connectivity index (χ2n) is 7.91. The molecule has 0 saturated carbocycles. The first kappa shape index (κ1) is 21.4. The zero-order chi connectivity index (χ0) is 22.7. The smallest absolute Gasteiger partial charge is 0.267 e. The van der Waals surface area contributed by atoms with Gasteiger partial charge in [0.2, 0.25) is 0 Å². The van der Waals surface area contributed by atoms with Gasteiger partial charge in [-0.2, -0.15) is 0 Å². The van der Waals surface area contributed by atoms with Gasteiger partial charge in [0.15, 0.2) is 6.10 Å². The number of ether oxygens (including phenoxy) is 2. The molecule has 0 aliphatic carbocycles. The van der Waals surface area contributed by atoms with Gasteiger partial charge < -0.3 is 19.7 Å². The number of nitrogens with one attached hydrogen (secondary N) is 1. The van der Waals surface area contributed by atoms with E-state index in [4.69, 9.17) is 9.47 Å². The minimum atomic E-state index is -0.620. The number of benzene rings is 3. The molecule has 1 unspecified atom stereocenters. The van der Waals surface area contributed by atoms with Gasteiger partial charge in [-0.05, 0) is 57.2 Å². The highest BCUT2D eigenvalue weighted by molar-refractivity contribution is 6.05. The van der Waals surface area contributed by atoms with Crippen LogP contribution < -0.4 is 19.7 Å². The number of hydrogen-bond donors (Lipinski definition) is 1. The Bertz CT molecular complexity index is 1120. The maximum atomic E-state index is 12.7. The van der Waals surface area contributed by atoms with E-state index < -0.39 is 6.10 Å². The van der Waals surface area contributed by atoms with E-state index in [1.807, 2.05) is 50.2 Å². The van der Waals surface area contributed by atoms with E-state index >= 15 is 0 Å². The lowest BCUT2D eigenvalue weighted by Crippen LogP contribution is -2.46. The number of anilines is 2. The van der Waals surface area contributed by atoms with Crippen molar-refractivity contribution in [1.29, 1.82) is 0 Å². The van der Waals surface area contributed by atoms with Crippen LogP contribution in [0.4, 0.5) is 11.4 Å². The van der Waals surface area contributed by atoms with Crippen molar-refractivity contribution in [1.82, 2.24) is 0 Å². The lowest BCUT2D eigenvalue weighted by atomic mass is 10.1. The van der Waals surface area contributed by atoms with Crippen LogP contribution in [0.3, 0.4) is 0 Å². The monoisotopic (exact) mass is 430 g/mol. The third-order valence-corrected chi connectivity index (χ3v) is 5.34. The van der Waals surface area contributed by atoms with Crippen molar-refractivity contribution in [3.05, 3.63) is 83.4 Å². The van der Waals surface area contributed by atoms with E-state index in [2.05, 4.69) is 5.32 Å². The molecular weight excluding hydrogens is 404 g/mol. The summed E-state index contributed by atoms with van der Waals surface area (Å²) in [4.78, 5) is 26.9. The summed E-state index contributed by atoms with van der Waals surface area (Å²) in [5, 5.41) is 2.89. The summed E-state index contributed by atoms with van der Waals surface area (Å²) >= 11 is 0. The number of fused-ring (bicyclic) bond motifs is 1. The Morgan fingerprint density at radius 1 is 1.00 bits per heavy atom. The predicted molar refractivity (Wildman–Crippen MR) is 125 cm³/mol. The molecule has 1 atom stereocenters. The average molecular weight is 431 g/mol. The highest BCUT2D eigenvalue weighted by atomic mass is 16.5. The van der Waals surface area contributed by atoms with Crippen LogP contribution in [0.15, 0.2) is 66.7 Å². The summed E-state index contributed by atoms with van der Waals surface area (Å²) in [7, 11) is 0. The van der Waals surface area contributed by atoms with Gasteiger partial charge in [0.25, 0.3) is 11.8 Å². The molecule has 32 heavy (non-hydrogen) atoms. The van der Waals surface area contributed by atoms with E-state index in [-0.39, 0.29) is 11.8 Å². The second-order valence-corrected chi connectivity index (χ2v) is 7.91. The van der Waals surface area contributed by atoms with Crippen LogP contribution in [-0.4, -0.2) is 31.1 Å². The van der Waals surface area contributed by atoms with Crippen molar-refractivity contribution in [3.8, 4) is 11.5 Å². The molecule has 2 amide bonds. The van der Waals surface area contributed by atoms with Crippen LogP contribution in [-0.2, 0) is 4.79 Å². The molecule has 0 aromatic heterocycles. The first-order chi connectivity index (χ1) is 15.4. The Kier molecular flexibility index (Phi) is 6.12. The summed E-state index contributed by atoms with van der Waals surface area (Å²) in [6.45, 7) is 6.46. The maximum Gasteiger partial charge on any atom is 0.267 e. The van der Waals surface area contributed by atoms with Crippen molar-refractivity contribution < 1.29 is 19.1 Å². The summed E-state index contributed by atoms with van der Waals surface area (Å²) in [6, 6.07) is 20.5. The molecule has 164 valence electrons. The van der Waals surface area contributed by atoms with Gasteiger partial charge >= 0.3 is 0 Å². The molecule has 1 aliphatic rings. The highest BCUT2D eigenvalue weighted by Gasteiger charge is 2.31. The van der Waals surface area contributed by atoms with Crippen molar-refractivity contribution >= 4 is 23.2 Å². The molecule has 3 aromatic rings. The van der Waals surface area contributed by atoms with Crippen molar-refractivity contribution in [2.45, 2.75) is 26.9 Å². The third kappa shape index (κ3) is 4.75. The number of nitrogens with zero attached hydrogens (tertiary/aromatic N) is 1. The zero-order valence-corrected chi connectivity index (χ0v) is 18.4. The summed E-state index contributed by atoms with van der Waals surface area (Å²) in [5.74, 6) is 0.988. The van der Waals surface area contributed by atoms with Crippen LogP contribution in [0.2, 0.25) is 0 Å². The molecule has 1 N–H and O–H groups in total.